The SMILES string of the molecule is Cc1cc2cccc(C(=O)C3CCCCC3)c2cc1C. The van der Waals surface area contributed by atoms with Crippen LogP contribution in [0, 0.1) is 19.8 Å². The topological polar surface area (TPSA) is 17.1 Å². The molecule has 20 heavy (non-hydrogen) atoms. The Hall–Kier alpha value is -1.63. The largest absolute Gasteiger partial charge is 0.294 e. The highest BCUT2D eigenvalue weighted by atomic mass is 16.1. The maximum Gasteiger partial charge on any atom is 0.166 e. The van der Waals surface area contributed by atoms with Crippen molar-refractivity contribution in [2.75, 3.05) is 0 Å². The fourth-order valence-corrected chi connectivity index (χ4v) is 3.35. The minimum absolute atomic E-state index is 0.246. The fraction of sp³-hybridized carbons (Fsp3) is 0.421. The number of aryl methyl sites for hydroxylation is 2. The summed E-state index contributed by atoms with van der Waals surface area (Å²) in [7, 11) is 0. The third-order valence-electron chi connectivity index (χ3n) is 4.74. The van der Waals surface area contributed by atoms with Gasteiger partial charge >= 0.3 is 0 Å². The van der Waals surface area contributed by atoms with Crippen LogP contribution in [-0.4, -0.2) is 5.78 Å². The molecule has 0 N–H and O–H groups in total. The Morgan fingerprint density at radius 2 is 1.70 bits per heavy atom. The number of Topliss-reactive ketones (excluding diaryl/α,β-unsaturated/α-hetero) is 1. The normalized spacial score (nSPS) is 16.5. The molecule has 0 radical (unpaired) electrons. The van der Waals surface area contributed by atoms with Crippen molar-refractivity contribution < 1.29 is 4.79 Å². The van der Waals surface area contributed by atoms with Gasteiger partial charge in [-0.15, -0.1) is 0 Å². The second-order valence-corrected chi connectivity index (χ2v) is 6.16. The van der Waals surface area contributed by atoms with Gasteiger partial charge in [-0.05, 0) is 48.6 Å². The molecule has 1 aliphatic rings. The Morgan fingerprint density at radius 1 is 1.00 bits per heavy atom. The molecular formula is C19H22O. The van der Waals surface area contributed by atoms with Gasteiger partial charge in [0.05, 0.1) is 0 Å². The van der Waals surface area contributed by atoms with E-state index in [0.717, 1.165) is 23.8 Å². The number of hydrogen-bond acceptors (Lipinski definition) is 1. The van der Waals surface area contributed by atoms with Crippen molar-refractivity contribution in [3.8, 4) is 0 Å². The first kappa shape index (κ1) is 13.4. The molecule has 0 amide bonds. The molecule has 0 unspecified atom stereocenters. The molecule has 0 aromatic heterocycles. The van der Waals surface area contributed by atoms with Crippen molar-refractivity contribution in [1.82, 2.24) is 0 Å². The van der Waals surface area contributed by atoms with Crippen molar-refractivity contribution >= 4 is 16.6 Å². The van der Waals surface area contributed by atoms with Gasteiger partial charge in [0.1, 0.15) is 0 Å². The standard InChI is InChI=1S/C19H22O/c1-13-11-16-9-6-10-17(18(16)12-14(13)2)19(20)15-7-4-3-5-8-15/h6,9-12,15H,3-5,7-8H2,1-2H3. The predicted molar refractivity (Wildman–Crippen MR) is 84.3 cm³/mol. The number of rotatable bonds is 2. The molecule has 0 bridgehead atoms. The van der Waals surface area contributed by atoms with E-state index in [1.165, 1.54) is 35.8 Å². The summed E-state index contributed by atoms with van der Waals surface area (Å²) in [5, 5.41) is 2.32. The Bertz CT molecular complexity index is 648. The van der Waals surface area contributed by atoms with E-state index in [1.54, 1.807) is 0 Å². The second-order valence-electron chi connectivity index (χ2n) is 6.16. The molecule has 0 aliphatic heterocycles. The molecule has 3 rings (SSSR count). The van der Waals surface area contributed by atoms with Crippen molar-refractivity contribution in [2.45, 2.75) is 46.0 Å². The lowest BCUT2D eigenvalue weighted by Gasteiger charge is -2.21. The fourth-order valence-electron chi connectivity index (χ4n) is 3.35. The first-order valence-corrected chi connectivity index (χ1v) is 7.71. The molecular weight excluding hydrogens is 244 g/mol. The lowest BCUT2D eigenvalue weighted by atomic mass is 9.82. The highest BCUT2D eigenvalue weighted by Gasteiger charge is 2.23. The summed E-state index contributed by atoms with van der Waals surface area (Å²) in [6.07, 6.45) is 5.84. The Morgan fingerprint density at radius 3 is 2.45 bits per heavy atom. The van der Waals surface area contributed by atoms with Crippen LogP contribution in [0.25, 0.3) is 10.8 Å². The minimum Gasteiger partial charge on any atom is -0.294 e. The highest BCUT2D eigenvalue weighted by Crippen LogP contribution is 2.30. The molecule has 1 heteroatoms. The van der Waals surface area contributed by atoms with Crippen LogP contribution in [-0.2, 0) is 0 Å². The summed E-state index contributed by atoms with van der Waals surface area (Å²) < 4.78 is 0. The zero-order valence-electron chi connectivity index (χ0n) is 12.4. The maximum atomic E-state index is 12.8. The van der Waals surface area contributed by atoms with Crippen LogP contribution in [0.3, 0.4) is 0 Å². The van der Waals surface area contributed by atoms with Gasteiger partial charge in [0, 0.05) is 11.5 Å². The van der Waals surface area contributed by atoms with E-state index >= 15 is 0 Å². The van der Waals surface area contributed by atoms with E-state index in [1.807, 2.05) is 12.1 Å². The van der Waals surface area contributed by atoms with E-state index < -0.39 is 0 Å². The molecule has 0 saturated heterocycles. The van der Waals surface area contributed by atoms with E-state index in [9.17, 15) is 4.79 Å². The molecule has 0 spiro atoms. The summed E-state index contributed by atoms with van der Waals surface area (Å²) in [4.78, 5) is 12.8. The van der Waals surface area contributed by atoms with Crippen LogP contribution >= 0.6 is 0 Å². The Balaban J connectivity index is 2.06. The summed E-state index contributed by atoms with van der Waals surface area (Å²) >= 11 is 0. The van der Waals surface area contributed by atoms with Crippen LogP contribution in [0.1, 0.15) is 53.6 Å². The average Bonchev–Trinajstić information content (AvgIpc) is 2.48. The molecule has 2 aromatic carbocycles. The lowest BCUT2D eigenvalue weighted by Crippen LogP contribution is -2.18. The number of benzene rings is 2. The smallest absolute Gasteiger partial charge is 0.166 e. The summed E-state index contributed by atoms with van der Waals surface area (Å²) in [6.45, 7) is 4.25. The van der Waals surface area contributed by atoms with Gasteiger partial charge in [-0.2, -0.15) is 0 Å². The first-order chi connectivity index (χ1) is 9.66. The maximum absolute atomic E-state index is 12.8. The summed E-state index contributed by atoms with van der Waals surface area (Å²) in [5.41, 5.74) is 3.48. The van der Waals surface area contributed by atoms with E-state index in [0.29, 0.717) is 5.78 Å². The number of hydrogen-bond donors (Lipinski definition) is 0. The zero-order valence-corrected chi connectivity index (χ0v) is 12.4. The Kier molecular flexibility index (Phi) is 3.60. The molecule has 2 aromatic rings. The lowest BCUT2D eigenvalue weighted by molar-refractivity contribution is 0.0891. The number of carbonyl (C=O) groups excluding carboxylic acids is 1. The van der Waals surface area contributed by atoms with Crippen molar-refractivity contribution in [1.29, 1.82) is 0 Å². The Labute approximate surface area is 121 Å². The molecule has 1 nitrogen and oxygen atoms in total. The highest BCUT2D eigenvalue weighted by molar-refractivity contribution is 6.09. The van der Waals surface area contributed by atoms with Gasteiger partial charge in [-0.1, -0.05) is 49.6 Å². The van der Waals surface area contributed by atoms with Crippen molar-refractivity contribution in [2.24, 2.45) is 5.92 Å². The number of carbonyl (C=O) groups is 1. The van der Waals surface area contributed by atoms with Crippen LogP contribution in [0.2, 0.25) is 0 Å². The molecule has 104 valence electrons. The van der Waals surface area contributed by atoms with E-state index in [4.69, 9.17) is 0 Å². The molecule has 0 atom stereocenters. The zero-order chi connectivity index (χ0) is 14.1. The third-order valence-corrected chi connectivity index (χ3v) is 4.74. The van der Waals surface area contributed by atoms with Crippen LogP contribution in [0.5, 0.6) is 0 Å². The third kappa shape index (κ3) is 2.37. The van der Waals surface area contributed by atoms with Gasteiger partial charge < -0.3 is 0 Å². The molecule has 1 fully saturated rings. The van der Waals surface area contributed by atoms with Crippen molar-refractivity contribution in [3.05, 3.63) is 47.0 Å². The number of ketones is 1. The van der Waals surface area contributed by atoms with Crippen molar-refractivity contribution in [3.63, 3.8) is 0 Å². The first-order valence-electron chi connectivity index (χ1n) is 7.71. The molecule has 1 aliphatic carbocycles. The van der Waals surface area contributed by atoms with E-state index in [-0.39, 0.29) is 5.92 Å². The van der Waals surface area contributed by atoms with Crippen LogP contribution in [0.15, 0.2) is 30.3 Å². The van der Waals surface area contributed by atoms with Gasteiger partial charge in [-0.3, -0.25) is 4.79 Å². The van der Waals surface area contributed by atoms with Gasteiger partial charge in [-0.25, -0.2) is 0 Å². The quantitative estimate of drug-likeness (QED) is 0.681. The minimum atomic E-state index is 0.246. The van der Waals surface area contributed by atoms with Gasteiger partial charge in [0.15, 0.2) is 5.78 Å². The van der Waals surface area contributed by atoms with Crippen LogP contribution < -0.4 is 0 Å². The van der Waals surface area contributed by atoms with E-state index in [2.05, 4.69) is 32.0 Å². The summed E-state index contributed by atoms with van der Waals surface area (Å²) in [6, 6.07) is 10.5. The second kappa shape index (κ2) is 5.40. The van der Waals surface area contributed by atoms with Gasteiger partial charge in [0.2, 0.25) is 0 Å². The monoisotopic (exact) mass is 266 g/mol. The summed E-state index contributed by atoms with van der Waals surface area (Å²) in [5.74, 6) is 0.606. The molecule has 0 heterocycles. The van der Waals surface area contributed by atoms with Gasteiger partial charge in [0.25, 0.3) is 0 Å². The van der Waals surface area contributed by atoms with Crippen LogP contribution in [0.4, 0.5) is 0 Å². The predicted octanol–water partition coefficient (Wildman–Crippen LogP) is 5.22. The molecule has 1 saturated carbocycles. The number of fused-ring (bicyclic) bond motifs is 1. The average molecular weight is 266 g/mol.